The van der Waals surface area contributed by atoms with E-state index in [1.54, 1.807) is 0 Å². The van der Waals surface area contributed by atoms with Gasteiger partial charge in [-0.15, -0.1) is 0 Å². The molecule has 0 fully saturated rings. The quantitative estimate of drug-likeness (QED) is 0.700. The van der Waals surface area contributed by atoms with Crippen LogP contribution in [0, 0.1) is 10.5 Å². The van der Waals surface area contributed by atoms with Crippen molar-refractivity contribution in [1.82, 2.24) is 15.1 Å². The second kappa shape index (κ2) is 7.04. The first-order valence-electron chi connectivity index (χ1n) is 6.71. The highest BCUT2D eigenvalue weighted by molar-refractivity contribution is 14.1. The van der Waals surface area contributed by atoms with E-state index in [0.717, 1.165) is 23.1 Å². The molecule has 5 heteroatoms. The molecule has 1 aromatic carbocycles. The average Bonchev–Trinajstić information content (AvgIpc) is 2.73. The van der Waals surface area contributed by atoms with Crippen molar-refractivity contribution in [1.29, 1.82) is 0 Å². The average molecular weight is 448 g/mol. The van der Waals surface area contributed by atoms with Gasteiger partial charge >= 0.3 is 0 Å². The molecule has 108 valence electrons. The van der Waals surface area contributed by atoms with Gasteiger partial charge in [0.25, 0.3) is 0 Å². The van der Waals surface area contributed by atoms with E-state index in [1.807, 2.05) is 14.0 Å². The summed E-state index contributed by atoms with van der Waals surface area (Å²) in [5, 5.41) is 7.97. The Morgan fingerprint density at radius 2 is 2.00 bits per heavy atom. The Hall–Kier alpha value is -0.400. The third-order valence-corrected chi connectivity index (χ3v) is 5.22. The molecule has 3 nitrogen and oxygen atoms in total. The van der Waals surface area contributed by atoms with Gasteiger partial charge in [-0.1, -0.05) is 12.1 Å². The molecule has 0 aliphatic heterocycles. The van der Waals surface area contributed by atoms with Crippen molar-refractivity contribution in [2.75, 3.05) is 7.05 Å². The van der Waals surface area contributed by atoms with E-state index in [1.165, 1.54) is 14.8 Å². The van der Waals surface area contributed by atoms with E-state index in [9.17, 15) is 0 Å². The summed E-state index contributed by atoms with van der Waals surface area (Å²) in [6, 6.07) is 8.98. The zero-order valence-electron chi connectivity index (χ0n) is 12.0. The maximum absolute atomic E-state index is 4.56. The van der Waals surface area contributed by atoms with Gasteiger partial charge in [0, 0.05) is 22.6 Å². The van der Waals surface area contributed by atoms with E-state index < -0.39 is 0 Å². The smallest absolute Gasteiger partial charge is 0.0738 e. The molecule has 1 atom stereocenters. The SMILES string of the molecule is CCn1nc(C)c(Br)c1CC(NC)c1ccc(I)cc1. The van der Waals surface area contributed by atoms with Gasteiger partial charge in [0.1, 0.15) is 0 Å². The number of rotatable bonds is 5. The Morgan fingerprint density at radius 1 is 1.35 bits per heavy atom. The van der Waals surface area contributed by atoms with Gasteiger partial charge in [-0.3, -0.25) is 4.68 Å². The van der Waals surface area contributed by atoms with E-state index in [-0.39, 0.29) is 0 Å². The Bertz CT molecular complexity index is 578. The zero-order valence-corrected chi connectivity index (χ0v) is 15.7. The lowest BCUT2D eigenvalue weighted by molar-refractivity contribution is 0.540. The third-order valence-electron chi connectivity index (χ3n) is 3.47. The van der Waals surface area contributed by atoms with Crippen LogP contribution in [0.3, 0.4) is 0 Å². The van der Waals surface area contributed by atoms with Crippen molar-refractivity contribution in [3.8, 4) is 0 Å². The highest BCUT2D eigenvalue weighted by Gasteiger charge is 2.17. The minimum Gasteiger partial charge on any atom is -0.313 e. The van der Waals surface area contributed by atoms with Gasteiger partial charge in [-0.25, -0.2) is 0 Å². The van der Waals surface area contributed by atoms with Crippen molar-refractivity contribution in [2.45, 2.75) is 32.9 Å². The van der Waals surface area contributed by atoms with Crippen LogP contribution in [0.15, 0.2) is 28.7 Å². The first-order chi connectivity index (χ1) is 9.56. The van der Waals surface area contributed by atoms with Crippen LogP contribution >= 0.6 is 38.5 Å². The minimum atomic E-state index is 0.296. The predicted octanol–water partition coefficient (Wildman–Crippen LogP) is 4.08. The van der Waals surface area contributed by atoms with Crippen LogP contribution in [0.1, 0.15) is 29.9 Å². The van der Waals surface area contributed by atoms with Gasteiger partial charge in [-0.05, 0) is 77.1 Å². The molecular formula is C15H19BrIN3. The summed E-state index contributed by atoms with van der Waals surface area (Å²) in [6.45, 7) is 5.06. The van der Waals surface area contributed by atoms with Crippen molar-refractivity contribution in [2.24, 2.45) is 0 Å². The number of hydrogen-bond donors (Lipinski definition) is 1. The van der Waals surface area contributed by atoms with Crippen molar-refractivity contribution in [3.63, 3.8) is 0 Å². The molecule has 0 amide bonds. The second-order valence-corrected chi connectivity index (χ2v) is 6.80. The van der Waals surface area contributed by atoms with Crippen molar-refractivity contribution < 1.29 is 0 Å². The number of nitrogens with zero attached hydrogens (tertiary/aromatic N) is 2. The summed E-state index contributed by atoms with van der Waals surface area (Å²) in [4.78, 5) is 0. The summed E-state index contributed by atoms with van der Waals surface area (Å²) in [7, 11) is 2.01. The summed E-state index contributed by atoms with van der Waals surface area (Å²) >= 11 is 6.00. The van der Waals surface area contributed by atoms with Crippen LogP contribution in [-0.4, -0.2) is 16.8 Å². The summed E-state index contributed by atoms with van der Waals surface area (Å²) in [6.07, 6.45) is 0.923. The molecule has 1 heterocycles. The van der Waals surface area contributed by atoms with E-state index in [4.69, 9.17) is 0 Å². The fourth-order valence-electron chi connectivity index (χ4n) is 2.34. The number of aryl methyl sites for hydroxylation is 2. The second-order valence-electron chi connectivity index (χ2n) is 4.76. The molecule has 2 rings (SSSR count). The first kappa shape index (κ1) is 16.0. The lowest BCUT2D eigenvalue weighted by Gasteiger charge is -2.18. The molecule has 0 saturated heterocycles. The van der Waals surface area contributed by atoms with Crippen LogP contribution in [0.4, 0.5) is 0 Å². The predicted molar refractivity (Wildman–Crippen MR) is 95.0 cm³/mol. The van der Waals surface area contributed by atoms with Crippen LogP contribution < -0.4 is 5.32 Å². The maximum atomic E-state index is 4.56. The zero-order chi connectivity index (χ0) is 14.7. The topological polar surface area (TPSA) is 29.9 Å². The van der Waals surface area contributed by atoms with Gasteiger partial charge in [-0.2, -0.15) is 5.10 Å². The Morgan fingerprint density at radius 3 is 2.55 bits per heavy atom. The van der Waals surface area contributed by atoms with E-state index in [2.05, 4.69) is 84.8 Å². The molecule has 0 bridgehead atoms. The lowest BCUT2D eigenvalue weighted by atomic mass is 10.0. The molecule has 0 radical (unpaired) electrons. The summed E-state index contributed by atoms with van der Waals surface area (Å²) in [5.41, 5.74) is 3.61. The van der Waals surface area contributed by atoms with Crippen molar-refractivity contribution in [3.05, 3.63) is 49.3 Å². The fourth-order valence-corrected chi connectivity index (χ4v) is 3.14. The Labute approximate surface area is 142 Å². The molecule has 1 unspecified atom stereocenters. The van der Waals surface area contributed by atoms with E-state index in [0.29, 0.717) is 6.04 Å². The molecule has 0 aliphatic carbocycles. The number of likely N-dealkylation sites (N-methyl/N-ethyl adjacent to an activating group) is 1. The molecule has 0 spiro atoms. The van der Waals surface area contributed by atoms with Gasteiger partial charge in [0.15, 0.2) is 0 Å². The number of nitrogens with one attached hydrogen (secondary N) is 1. The lowest BCUT2D eigenvalue weighted by Crippen LogP contribution is -2.20. The highest BCUT2D eigenvalue weighted by Crippen LogP contribution is 2.26. The number of aromatic nitrogens is 2. The monoisotopic (exact) mass is 447 g/mol. The largest absolute Gasteiger partial charge is 0.313 e. The molecular weight excluding hydrogens is 429 g/mol. The van der Waals surface area contributed by atoms with Gasteiger partial charge in [0.05, 0.1) is 15.9 Å². The molecule has 20 heavy (non-hydrogen) atoms. The fraction of sp³-hybridized carbons (Fsp3) is 0.400. The van der Waals surface area contributed by atoms with Crippen LogP contribution in [0.25, 0.3) is 0 Å². The van der Waals surface area contributed by atoms with Gasteiger partial charge in [0.2, 0.25) is 0 Å². The highest BCUT2D eigenvalue weighted by atomic mass is 127. The maximum Gasteiger partial charge on any atom is 0.0738 e. The number of halogens is 2. The molecule has 1 aromatic heterocycles. The first-order valence-corrected chi connectivity index (χ1v) is 8.58. The molecule has 1 N–H and O–H groups in total. The Kier molecular flexibility index (Phi) is 5.63. The summed E-state index contributed by atoms with van der Waals surface area (Å²) in [5.74, 6) is 0. The minimum absolute atomic E-state index is 0.296. The van der Waals surface area contributed by atoms with Gasteiger partial charge < -0.3 is 5.32 Å². The number of hydrogen-bond acceptors (Lipinski definition) is 2. The van der Waals surface area contributed by atoms with Crippen molar-refractivity contribution >= 4 is 38.5 Å². The molecule has 0 aliphatic rings. The van der Waals surface area contributed by atoms with Crippen LogP contribution in [0.5, 0.6) is 0 Å². The third kappa shape index (κ3) is 3.43. The summed E-state index contributed by atoms with van der Waals surface area (Å²) < 4.78 is 4.47. The standard InChI is InChI=1S/C15H19BrIN3/c1-4-20-14(15(16)10(2)19-20)9-13(18-3)11-5-7-12(17)8-6-11/h5-8,13,18H,4,9H2,1-3H3. The van der Waals surface area contributed by atoms with Crippen LogP contribution in [0.2, 0.25) is 0 Å². The normalized spacial score (nSPS) is 12.7. The molecule has 2 aromatic rings. The number of benzene rings is 1. The van der Waals surface area contributed by atoms with Crippen LogP contribution in [-0.2, 0) is 13.0 Å². The molecule has 0 saturated carbocycles. The van der Waals surface area contributed by atoms with E-state index >= 15 is 0 Å². The Balaban J connectivity index is 2.28.